The number of hydrogen-bond donors (Lipinski definition) is 3. The molecule has 19 heavy (non-hydrogen) atoms. The molecule has 0 aliphatic heterocycles. The van der Waals surface area contributed by atoms with Crippen LogP contribution in [0.3, 0.4) is 0 Å². The highest BCUT2D eigenvalue weighted by atomic mass is 16.5. The molecule has 0 atom stereocenters. The Morgan fingerprint density at radius 2 is 2.21 bits per heavy atom. The molecule has 1 rings (SSSR count). The average molecular weight is 269 g/mol. The molecule has 0 aromatic carbocycles. The van der Waals surface area contributed by atoms with Gasteiger partial charge in [0.15, 0.2) is 5.69 Å². The van der Waals surface area contributed by atoms with Gasteiger partial charge in [-0.3, -0.25) is 9.89 Å². The number of nitrogen functional groups attached to an aromatic ring is 1. The van der Waals surface area contributed by atoms with Gasteiger partial charge in [-0.25, -0.2) is 0 Å². The number of aromatic nitrogens is 2. The van der Waals surface area contributed by atoms with Crippen molar-refractivity contribution in [1.82, 2.24) is 20.4 Å². The molecule has 1 aromatic rings. The molecule has 0 bridgehead atoms. The van der Waals surface area contributed by atoms with Crippen LogP contribution in [0.25, 0.3) is 0 Å². The van der Waals surface area contributed by atoms with Gasteiger partial charge in [0, 0.05) is 13.1 Å². The number of anilines is 1. The normalized spacial score (nSPS) is 10.9. The predicted octanol–water partition coefficient (Wildman–Crippen LogP) is -0.138. The van der Waals surface area contributed by atoms with Gasteiger partial charge in [-0.1, -0.05) is 6.92 Å². The minimum Gasteiger partial charge on any atom is -0.395 e. The third-order valence-electron chi connectivity index (χ3n) is 2.67. The number of aromatic amines is 1. The molecule has 1 amide bonds. The van der Waals surface area contributed by atoms with Crippen LogP contribution in [-0.2, 0) is 11.2 Å². The van der Waals surface area contributed by atoms with E-state index >= 15 is 0 Å². The zero-order chi connectivity index (χ0) is 14.3. The molecule has 0 saturated heterocycles. The van der Waals surface area contributed by atoms with Crippen LogP contribution < -0.4 is 11.1 Å². The Kier molecular flexibility index (Phi) is 6.31. The van der Waals surface area contributed by atoms with Crippen molar-refractivity contribution < 1.29 is 9.53 Å². The Bertz CT molecular complexity index is 403. The number of hydrogen-bond acceptors (Lipinski definition) is 5. The maximum Gasteiger partial charge on any atom is 0.274 e. The molecular formula is C12H23N5O2. The summed E-state index contributed by atoms with van der Waals surface area (Å²) in [5.41, 5.74) is 7.27. The fraction of sp³-hybridized carbons (Fsp3) is 0.667. The molecule has 0 saturated carbocycles. The third kappa shape index (κ3) is 4.88. The number of nitrogens with zero attached hydrogens (tertiary/aromatic N) is 2. The topological polar surface area (TPSA) is 96.3 Å². The largest absolute Gasteiger partial charge is 0.395 e. The molecule has 0 aliphatic carbocycles. The number of carbonyl (C=O) groups is 1. The maximum atomic E-state index is 11.8. The van der Waals surface area contributed by atoms with Crippen molar-refractivity contribution in [3.63, 3.8) is 0 Å². The van der Waals surface area contributed by atoms with Crippen LogP contribution in [-0.4, -0.2) is 61.4 Å². The summed E-state index contributed by atoms with van der Waals surface area (Å²) in [6.07, 6.45) is 0.722. The van der Waals surface area contributed by atoms with Crippen LogP contribution in [0.1, 0.15) is 23.1 Å². The van der Waals surface area contributed by atoms with E-state index in [-0.39, 0.29) is 11.6 Å². The van der Waals surface area contributed by atoms with Crippen molar-refractivity contribution >= 4 is 11.6 Å². The number of carbonyl (C=O) groups excluding carboxylic acids is 1. The van der Waals surface area contributed by atoms with Gasteiger partial charge >= 0.3 is 0 Å². The van der Waals surface area contributed by atoms with Crippen LogP contribution in [0.15, 0.2) is 0 Å². The molecule has 0 fully saturated rings. The molecule has 7 nitrogen and oxygen atoms in total. The average Bonchev–Trinajstić information content (AvgIpc) is 2.74. The van der Waals surface area contributed by atoms with Crippen molar-refractivity contribution in [2.24, 2.45) is 0 Å². The molecule has 7 heteroatoms. The zero-order valence-corrected chi connectivity index (χ0v) is 11.8. The van der Waals surface area contributed by atoms with E-state index in [9.17, 15) is 4.79 Å². The molecule has 0 aliphatic rings. The van der Waals surface area contributed by atoms with Gasteiger partial charge in [0.1, 0.15) is 0 Å². The number of aryl methyl sites for hydroxylation is 1. The van der Waals surface area contributed by atoms with Crippen molar-refractivity contribution in [2.75, 3.05) is 46.1 Å². The number of nitrogens with one attached hydrogen (secondary N) is 2. The highest BCUT2D eigenvalue weighted by molar-refractivity contribution is 5.97. The quantitative estimate of drug-likeness (QED) is 0.571. The van der Waals surface area contributed by atoms with Crippen LogP contribution in [0.4, 0.5) is 5.69 Å². The first-order chi connectivity index (χ1) is 9.06. The van der Waals surface area contributed by atoms with Crippen molar-refractivity contribution in [3.8, 4) is 0 Å². The van der Waals surface area contributed by atoms with Crippen LogP contribution in [0, 0.1) is 0 Å². The molecule has 0 spiro atoms. The van der Waals surface area contributed by atoms with Crippen molar-refractivity contribution in [1.29, 1.82) is 0 Å². The van der Waals surface area contributed by atoms with E-state index in [1.807, 2.05) is 25.9 Å². The predicted molar refractivity (Wildman–Crippen MR) is 74.1 cm³/mol. The van der Waals surface area contributed by atoms with Gasteiger partial charge in [-0.2, -0.15) is 5.10 Å². The van der Waals surface area contributed by atoms with Gasteiger partial charge in [-0.15, -0.1) is 0 Å². The number of likely N-dealkylation sites (N-methyl/N-ethyl adjacent to an activating group) is 1. The second-order valence-electron chi connectivity index (χ2n) is 4.49. The summed E-state index contributed by atoms with van der Waals surface area (Å²) in [4.78, 5) is 13.8. The van der Waals surface area contributed by atoms with E-state index in [4.69, 9.17) is 10.5 Å². The van der Waals surface area contributed by atoms with Crippen molar-refractivity contribution in [3.05, 3.63) is 11.4 Å². The first-order valence-electron chi connectivity index (χ1n) is 6.39. The third-order valence-corrected chi connectivity index (χ3v) is 2.67. The number of amides is 1. The lowest BCUT2D eigenvalue weighted by molar-refractivity contribution is 0.0896. The summed E-state index contributed by atoms with van der Waals surface area (Å²) in [6, 6.07) is 0. The molecule has 108 valence electrons. The van der Waals surface area contributed by atoms with Crippen LogP contribution in [0.5, 0.6) is 0 Å². The lowest BCUT2D eigenvalue weighted by Crippen LogP contribution is -2.29. The number of ether oxygens (including phenoxy) is 1. The second-order valence-corrected chi connectivity index (χ2v) is 4.49. The Morgan fingerprint density at radius 3 is 2.79 bits per heavy atom. The fourth-order valence-electron chi connectivity index (χ4n) is 1.50. The SMILES string of the molecule is CCc1[nH]nc(C(=O)NCCOCCN(C)C)c1N. The number of rotatable bonds is 8. The summed E-state index contributed by atoms with van der Waals surface area (Å²) in [7, 11) is 3.97. The summed E-state index contributed by atoms with van der Waals surface area (Å²) >= 11 is 0. The van der Waals surface area contributed by atoms with E-state index < -0.39 is 0 Å². The zero-order valence-electron chi connectivity index (χ0n) is 11.8. The van der Waals surface area contributed by atoms with Crippen molar-refractivity contribution in [2.45, 2.75) is 13.3 Å². The van der Waals surface area contributed by atoms with Gasteiger partial charge in [0.05, 0.1) is 24.6 Å². The molecular weight excluding hydrogens is 246 g/mol. The summed E-state index contributed by atoms with van der Waals surface area (Å²) < 4.78 is 5.37. The van der Waals surface area contributed by atoms with Gasteiger partial charge in [0.25, 0.3) is 5.91 Å². The van der Waals surface area contributed by atoms with E-state index in [2.05, 4.69) is 15.5 Å². The minimum absolute atomic E-state index is 0.255. The van der Waals surface area contributed by atoms with Gasteiger partial charge < -0.3 is 20.7 Å². The maximum absolute atomic E-state index is 11.8. The summed E-state index contributed by atoms with van der Waals surface area (Å²) in [6.45, 7) is 4.38. The number of H-pyrrole nitrogens is 1. The Hall–Kier alpha value is -1.60. The summed E-state index contributed by atoms with van der Waals surface area (Å²) in [5.74, 6) is -0.273. The van der Waals surface area contributed by atoms with Crippen LogP contribution >= 0.6 is 0 Å². The van der Waals surface area contributed by atoms with Crippen LogP contribution in [0.2, 0.25) is 0 Å². The standard InChI is InChI=1S/C12H23N5O2/c1-4-9-10(13)11(16-15-9)12(18)14-5-7-19-8-6-17(2)3/h4-8,13H2,1-3H3,(H,14,18)(H,15,16). The van der Waals surface area contributed by atoms with E-state index in [1.54, 1.807) is 0 Å². The second kappa shape index (κ2) is 7.75. The first kappa shape index (κ1) is 15.5. The highest BCUT2D eigenvalue weighted by Crippen LogP contribution is 2.13. The number of nitrogens with two attached hydrogens (primary N) is 1. The first-order valence-corrected chi connectivity index (χ1v) is 6.39. The lowest BCUT2D eigenvalue weighted by atomic mass is 10.2. The minimum atomic E-state index is -0.273. The molecule has 0 radical (unpaired) electrons. The smallest absolute Gasteiger partial charge is 0.274 e. The Balaban J connectivity index is 2.26. The molecule has 0 unspecified atom stereocenters. The fourth-order valence-corrected chi connectivity index (χ4v) is 1.50. The molecule has 4 N–H and O–H groups in total. The Labute approximate surface area is 113 Å². The monoisotopic (exact) mass is 269 g/mol. The van der Waals surface area contributed by atoms with E-state index in [0.29, 0.717) is 25.4 Å². The molecule has 1 aromatic heterocycles. The lowest BCUT2D eigenvalue weighted by Gasteiger charge is -2.10. The molecule has 1 heterocycles. The highest BCUT2D eigenvalue weighted by Gasteiger charge is 2.15. The van der Waals surface area contributed by atoms with Gasteiger partial charge in [-0.05, 0) is 20.5 Å². The van der Waals surface area contributed by atoms with Gasteiger partial charge in [0.2, 0.25) is 0 Å². The van der Waals surface area contributed by atoms with E-state index in [1.165, 1.54) is 0 Å². The van der Waals surface area contributed by atoms with E-state index in [0.717, 1.165) is 18.7 Å². The summed E-state index contributed by atoms with van der Waals surface area (Å²) in [5, 5.41) is 9.40. The Morgan fingerprint density at radius 1 is 1.47 bits per heavy atom.